The first kappa shape index (κ1) is 17.0. The maximum Gasteiger partial charge on any atom is 0.0156 e. The van der Waals surface area contributed by atoms with E-state index in [1.54, 1.807) is 0 Å². The van der Waals surface area contributed by atoms with E-state index in [2.05, 4.69) is 51.9 Å². The van der Waals surface area contributed by atoms with Gasteiger partial charge in [-0.05, 0) is 43.7 Å². The highest BCUT2D eigenvalue weighted by Gasteiger charge is 2.41. The monoisotopic (exact) mass is 268 g/mol. The van der Waals surface area contributed by atoms with Gasteiger partial charge in [0, 0.05) is 19.1 Å². The van der Waals surface area contributed by atoms with E-state index < -0.39 is 0 Å². The average molecular weight is 268 g/mol. The van der Waals surface area contributed by atoms with Crippen LogP contribution in [-0.4, -0.2) is 37.6 Å². The Balaban J connectivity index is 2.56. The van der Waals surface area contributed by atoms with E-state index in [0.29, 0.717) is 11.5 Å². The van der Waals surface area contributed by atoms with Crippen molar-refractivity contribution in [1.29, 1.82) is 0 Å². The van der Waals surface area contributed by atoms with Crippen LogP contribution in [0.5, 0.6) is 0 Å². The van der Waals surface area contributed by atoms with Crippen molar-refractivity contribution in [3.8, 4) is 0 Å². The molecule has 1 N–H and O–H groups in total. The molecule has 0 aromatic carbocycles. The number of nitrogens with one attached hydrogen (secondary N) is 1. The summed E-state index contributed by atoms with van der Waals surface area (Å²) in [5.41, 5.74) is 0.466. The molecule has 19 heavy (non-hydrogen) atoms. The van der Waals surface area contributed by atoms with Gasteiger partial charge in [0.1, 0.15) is 0 Å². The summed E-state index contributed by atoms with van der Waals surface area (Å²) in [4.78, 5) is 2.69. The largest absolute Gasteiger partial charge is 0.316 e. The van der Waals surface area contributed by atoms with Crippen molar-refractivity contribution in [2.45, 2.75) is 66.3 Å². The van der Waals surface area contributed by atoms with E-state index in [9.17, 15) is 0 Å². The van der Waals surface area contributed by atoms with Gasteiger partial charge in [-0.2, -0.15) is 0 Å². The molecule has 0 aromatic heterocycles. The van der Waals surface area contributed by atoms with Crippen molar-refractivity contribution >= 4 is 0 Å². The maximum atomic E-state index is 3.59. The highest BCUT2D eigenvalue weighted by atomic mass is 15.1. The quantitative estimate of drug-likeness (QED) is 0.721. The zero-order chi connectivity index (χ0) is 14.5. The fourth-order valence-corrected chi connectivity index (χ4v) is 3.92. The molecule has 1 aliphatic carbocycles. The van der Waals surface area contributed by atoms with E-state index in [4.69, 9.17) is 0 Å². The zero-order valence-corrected chi connectivity index (χ0v) is 14.1. The Morgan fingerprint density at radius 2 is 1.84 bits per heavy atom. The Bertz CT molecular complexity index is 246. The predicted octanol–water partition coefficient (Wildman–Crippen LogP) is 3.77. The Kier molecular flexibility index (Phi) is 6.82. The van der Waals surface area contributed by atoms with Crippen LogP contribution >= 0.6 is 0 Å². The van der Waals surface area contributed by atoms with E-state index in [1.807, 2.05) is 0 Å². The van der Waals surface area contributed by atoms with Crippen LogP contribution in [-0.2, 0) is 0 Å². The highest BCUT2D eigenvalue weighted by Crippen LogP contribution is 2.41. The van der Waals surface area contributed by atoms with Crippen LogP contribution in [0.1, 0.15) is 60.3 Å². The molecule has 1 fully saturated rings. The summed E-state index contributed by atoms with van der Waals surface area (Å²) in [6.07, 6.45) is 5.39. The molecule has 1 aliphatic rings. The Morgan fingerprint density at radius 1 is 1.21 bits per heavy atom. The standard InChI is InChI=1S/C17H36N2/c1-7-14(8-2)12-19(9-3)13-15-10-11-17(4,5)16(15)18-6/h14-16,18H,7-13H2,1-6H3. The second-order valence-electron chi connectivity index (χ2n) is 7.09. The summed E-state index contributed by atoms with van der Waals surface area (Å²) in [5, 5.41) is 3.59. The Labute approximate surface area is 121 Å². The minimum atomic E-state index is 0.466. The van der Waals surface area contributed by atoms with Gasteiger partial charge in [-0.1, -0.05) is 47.5 Å². The van der Waals surface area contributed by atoms with Crippen molar-refractivity contribution in [2.75, 3.05) is 26.7 Å². The molecule has 0 aromatic rings. The fraction of sp³-hybridized carbons (Fsp3) is 1.00. The third-order valence-corrected chi connectivity index (χ3v) is 5.39. The molecule has 1 rings (SSSR count). The summed E-state index contributed by atoms with van der Waals surface area (Å²) in [6.45, 7) is 15.6. The summed E-state index contributed by atoms with van der Waals surface area (Å²) in [7, 11) is 2.14. The second-order valence-corrected chi connectivity index (χ2v) is 7.09. The molecule has 114 valence electrons. The van der Waals surface area contributed by atoms with Crippen molar-refractivity contribution in [3.05, 3.63) is 0 Å². The first-order valence-electron chi connectivity index (χ1n) is 8.38. The second kappa shape index (κ2) is 7.64. The van der Waals surface area contributed by atoms with Gasteiger partial charge in [-0.25, -0.2) is 0 Å². The maximum absolute atomic E-state index is 3.59. The van der Waals surface area contributed by atoms with Gasteiger partial charge >= 0.3 is 0 Å². The van der Waals surface area contributed by atoms with Crippen LogP contribution in [0.2, 0.25) is 0 Å². The van der Waals surface area contributed by atoms with Crippen LogP contribution in [0.4, 0.5) is 0 Å². The fourth-order valence-electron chi connectivity index (χ4n) is 3.92. The van der Waals surface area contributed by atoms with Gasteiger partial charge in [-0.15, -0.1) is 0 Å². The molecular formula is C17H36N2. The first-order valence-corrected chi connectivity index (χ1v) is 8.38. The molecule has 2 heteroatoms. The molecule has 0 aliphatic heterocycles. The molecule has 2 unspecified atom stereocenters. The third kappa shape index (κ3) is 4.46. The molecular weight excluding hydrogens is 232 g/mol. The number of nitrogens with zero attached hydrogens (tertiary/aromatic N) is 1. The smallest absolute Gasteiger partial charge is 0.0156 e. The van der Waals surface area contributed by atoms with E-state index >= 15 is 0 Å². The van der Waals surface area contributed by atoms with Gasteiger partial charge in [0.05, 0.1) is 0 Å². The van der Waals surface area contributed by atoms with Crippen LogP contribution in [0.15, 0.2) is 0 Å². The van der Waals surface area contributed by atoms with E-state index in [0.717, 1.165) is 11.8 Å². The molecule has 0 heterocycles. The zero-order valence-electron chi connectivity index (χ0n) is 14.1. The minimum absolute atomic E-state index is 0.466. The van der Waals surface area contributed by atoms with Crippen LogP contribution in [0, 0.1) is 17.3 Å². The lowest BCUT2D eigenvalue weighted by atomic mass is 9.84. The van der Waals surface area contributed by atoms with Crippen molar-refractivity contribution in [3.63, 3.8) is 0 Å². The topological polar surface area (TPSA) is 15.3 Å². The van der Waals surface area contributed by atoms with Gasteiger partial charge in [-0.3, -0.25) is 0 Å². The number of rotatable bonds is 8. The summed E-state index contributed by atoms with van der Waals surface area (Å²) < 4.78 is 0. The lowest BCUT2D eigenvalue weighted by Gasteiger charge is -2.34. The van der Waals surface area contributed by atoms with Gasteiger partial charge < -0.3 is 10.2 Å². The minimum Gasteiger partial charge on any atom is -0.316 e. The molecule has 0 saturated heterocycles. The normalized spacial score (nSPS) is 26.5. The number of hydrogen-bond acceptors (Lipinski definition) is 2. The Hall–Kier alpha value is -0.0800. The SMILES string of the molecule is CCC(CC)CN(CC)CC1CCC(C)(C)C1NC. The molecule has 0 bridgehead atoms. The van der Waals surface area contributed by atoms with Crippen LogP contribution < -0.4 is 5.32 Å². The average Bonchev–Trinajstić information content (AvgIpc) is 2.68. The molecule has 2 nitrogen and oxygen atoms in total. The molecule has 0 amide bonds. The van der Waals surface area contributed by atoms with Gasteiger partial charge in [0.25, 0.3) is 0 Å². The van der Waals surface area contributed by atoms with Crippen LogP contribution in [0.25, 0.3) is 0 Å². The highest BCUT2D eigenvalue weighted by molar-refractivity contribution is 4.96. The van der Waals surface area contributed by atoms with Gasteiger partial charge in [0.15, 0.2) is 0 Å². The summed E-state index contributed by atoms with van der Waals surface area (Å²) in [5.74, 6) is 1.71. The first-order chi connectivity index (χ1) is 8.98. The summed E-state index contributed by atoms with van der Waals surface area (Å²) >= 11 is 0. The molecule has 2 atom stereocenters. The third-order valence-electron chi connectivity index (χ3n) is 5.39. The summed E-state index contributed by atoms with van der Waals surface area (Å²) in [6, 6.07) is 0.684. The van der Waals surface area contributed by atoms with Crippen LogP contribution in [0.3, 0.4) is 0 Å². The molecule has 1 saturated carbocycles. The van der Waals surface area contributed by atoms with Gasteiger partial charge in [0.2, 0.25) is 0 Å². The van der Waals surface area contributed by atoms with Crippen molar-refractivity contribution in [2.24, 2.45) is 17.3 Å². The number of hydrogen-bond donors (Lipinski definition) is 1. The van der Waals surface area contributed by atoms with Crippen molar-refractivity contribution in [1.82, 2.24) is 10.2 Å². The van der Waals surface area contributed by atoms with E-state index in [1.165, 1.54) is 45.3 Å². The lowest BCUT2D eigenvalue weighted by Crippen LogP contribution is -2.44. The molecule has 0 spiro atoms. The predicted molar refractivity (Wildman–Crippen MR) is 85.5 cm³/mol. The van der Waals surface area contributed by atoms with E-state index in [-0.39, 0.29) is 0 Å². The molecule has 0 radical (unpaired) electrons. The lowest BCUT2D eigenvalue weighted by molar-refractivity contribution is 0.172. The Morgan fingerprint density at radius 3 is 2.32 bits per heavy atom. The van der Waals surface area contributed by atoms with Crippen molar-refractivity contribution < 1.29 is 0 Å².